The van der Waals surface area contributed by atoms with E-state index in [1.807, 2.05) is 13.8 Å². The van der Waals surface area contributed by atoms with E-state index < -0.39 is 11.8 Å². The summed E-state index contributed by atoms with van der Waals surface area (Å²) in [7, 11) is 2.15. The Morgan fingerprint density at radius 2 is 1.66 bits per heavy atom. The summed E-state index contributed by atoms with van der Waals surface area (Å²) in [6.07, 6.45) is 5.92. The molecule has 0 saturated carbocycles. The second-order valence-corrected chi connectivity index (χ2v) is 8.84. The number of carbonyl (C=O) groups is 2. The van der Waals surface area contributed by atoms with Gasteiger partial charge in [-0.3, -0.25) is 14.5 Å². The van der Waals surface area contributed by atoms with E-state index in [0.29, 0.717) is 19.0 Å². The summed E-state index contributed by atoms with van der Waals surface area (Å²) in [5, 5.41) is 5.59. The molecule has 2 amide bonds. The molecule has 0 radical (unpaired) electrons. The molecule has 1 atom stereocenters. The standard InChI is InChI=1S/C23H36N4O2/c1-17(2)15-24-22(28)23(29)25-16-21(27-12-5-4-6-13-27)19-9-10-20-18(14-19)8-7-11-26(20)3/h9-10,14,17,21H,4-8,11-13,15-16H2,1-3H3,(H,24,28)(H,25,29)/t21-/m1/s1. The Balaban J connectivity index is 1.72. The lowest BCUT2D eigenvalue weighted by Crippen LogP contribution is -2.45. The minimum atomic E-state index is -0.539. The second-order valence-electron chi connectivity index (χ2n) is 8.84. The van der Waals surface area contributed by atoms with Crippen molar-refractivity contribution in [3.8, 4) is 0 Å². The van der Waals surface area contributed by atoms with Gasteiger partial charge in [-0.25, -0.2) is 0 Å². The van der Waals surface area contributed by atoms with Gasteiger partial charge >= 0.3 is 11.8 Å². The number of nitrogens with zero attached hydrogens (tertiary/aromatic N) is 2. The predicted molar refractivity (Wildman–Crippen MR) is 117 cm³/mol. The monoisotopic (exact) mass is 400 g/mol. The van der Waals surface area contributed by atoms with Crippen molar-refractivity contribution in [2.45, 2.75) is 52.0 Å². The van der Waals surface area contributed by atoms with Crippen LogP contribution < -0.4 is 15.5 Å². The highest BCUT2D eigenvalue weighted by Gasteiger charge is 2.25. The van der Waals surface area contributed by atoms with Crippen LogP contribution in [0.15, 0.2) is 18.2 Å². The van der Waals surface area contributed by atoms with E-state index in [2.05, 4.69) is 45.7 Å². The normalized spacial score (nSPS) is 18.3. The lowest BCUT2D eigenvalue weighted by atomic mass is 9.95. The first kappa shape index (κ1) is 21.6. The van der Waals surface area contributed by atoms with Gasteiger partial charge in [0.1, 0.15) is 0 Å². The number of aryl methyl sites for hydroxylation is 1. The first-order valence-electron chi connectivity index (χ1n) is 11.1. The SMILES string of the molecule is CC(C)CNC(=O)C(=O)NC[C@H](c1ccc2c(c1)CCCN2C)N1CCCCC1. The molecule has 1 aromatic rings. The molecule has 2 aliphatic heterocycles. The molecule has 2 N–H and O–H groups in total. The summed E-state index contributed by atoms with van der Waals surface area (Å²) < 4.78 is 0. The molecule has 0 spiro atoms. The molecule has 6 nitrogen and oxygen atoms in total. The number of piperidine rings is 1. The minimum absolute atomic E-state index is 0.106. The first-order chi connectivity index (χ1) is 14.0. The molecule has 3 rings (SSSR count). The van der Waals surface area contributed by atoms with Gasteiger partial charge in [-0.05, 0) is 61.9 Å². The molecular formula is C23H36N4O2. The highest BCUT2D eigenvalue weighted by molar-refractivity contribution is 6.35. The first-order valence-corrected chi connectivity index (χ1v) is 11.1. The molecule has 160 valence electrons. The van der Waals surface area contributed by atoms with Crippen molar-refractivity contribution in [2.24, 2.45) is 5.92 Å². The predicted octanol–water partition coefficient (Wildman–Crippen LogP) is 2.48. The van der Waals surface area contributed by atoms with Crippen LogP contribution in [0.5, 0.6) is 0 Å². The van der Waals surface area contributed by atoms with E-state index in [1.54, 1.807) is 0 Å². The van der Waals surface area contributed by atoms with E-state index >= 15 is 0 Å². The van der Waals surface area contributed by atoms with Gasteiger partial charge in [-0.1, -0.05) is 32.4 Å². The van der Waals surface area contributed by atoms with Gasteiger partial charge < -0.3 is 15.5 Å². The highest BCUT2D eigenvalue weighted by atomic mass is 16.2. The average molecular weight is 401 g/mol. The number of fused-ring (bicyclic) bond motifs is 1. The highest BCUT2D eigenvalue weighted by Crippen LogP contribution is 2.31. The topological polar surface area (TPSA) is 64.7 Å². The number of hydrogen-bond acceptors (Lipinski definition) is 4. The van der Waals surface area contributed by atoms with Crippen molar-refractivity contribution < 1.29 is 9.59 Å². The van der Waals surface area contributed by atoms with Crippen LogP contribution >= 0.6 is 0 Å². The van der Waals surface area contributed by atoms with E-state index in [0.717, 1.165) is 26.1 Å². The Hall–Kier alpha value is -2.08. The van der Waals surface area contributed by atoms with Gasteiger partial charge in [-0.2, -0.15) is 0 Å². The molecule has 0 unspecified atom stereocenters. The molecule has 6 heteroatoms. The largest absolute Gasteiger partial charge is 0.374 e. The van der Waals surface area contributed by atoms with E-state index in [1.165, 1.54) is 42.5 Å². The third-order valence-electron chi connectivity index (χ3n) is 6.00. The Labute approximate surface area is 175 Å². The summed E-state index contributed by atoms with van der Waals surface area (Å²) in [6, 6.07) is 6.84. The lowest BCUT2D eigenvalue weighted by molar-refractivity contribution is -0.139. The maximum absolute atomic E-state index is 12.3. The van der Waals surface area contributed by atoms with Crippen LogP contribution in [0, 0.1) is 5.92 Å². The molecule has 2 aliphatic rings. The average Bonchev–Trinajstić information content (AvgIpc) is 2.73. The molecule has 1 saturated heterocycles. The summed E-state index contributed by atoms with van der Waals surface area (Å²) in [5.41, 5.74) is 3.94. The molecule has 0 aliphatic carbocycles. The van der Waals surface area contributed by atoms with Gasteiger partial charge in [0.25, 0.3) is 0 Å². The van der Waals surface area contributed by atoms with E-state index in [9.17, 15) is 9.59 Å². The Kier molecular flexibility index (Phi) is 7.53. The fourth-order valence-electron chi connectivity index (χ4n) is 4.35. The fourth-order valence-corrected chi connectivity index (χ4v) is 4.35. The van der Waals surface area contributed by atoms with Crippen molar-refractivity contribution in [1.82, 2.24) is 15.5 Å². The Morgan fingerprint density at radius 3 is 2.34 bits per heavy atom. The number of rotatable bonds is 6. The van der Waals surface area contributed by atoms with Crippen molar-refractivity contribution >= 4 is 17.5 Å². The summed E-state index contributed by atoms with van der Waals surface area (Å²) >= 11 is 0. The zero-order valence-electron chi connectivity index (χ0n) is 18.2. The maximum atomic E-state index is 12.3. The van der Waals surface area contributed by atoms with Crippen molar-refractivity contribution in [3.05, 3.63) is 29.3 Å². The van der Waals surface area contributed by atoms with Crippen LogP contribution in [0.1, 0.15) is 56.7 Å². The zero-order valence-corrected chi connectivity index (χ0v) is 18.2. The number of anilines is 1. The summed E-state index contributed by atoms with van der Waals surface area (Å²) in [5.74, 6) is -0.755. The zero-order chi connectivity index (χ0) is 20.8. The Morgan fingerprint density at radius 1 is 0.966 bits per heavy atom. The van der Waals surface area contributed by atoms with Crippen LogP contribution in [0.3, 0.4) is 0 Å². The third kappa shape index (κ3) is 5.72. The van der Waals surface area contributed by atoms with Gasteiger partial charge in [0.2, 0.25) is 0 Å². The van der Waals surface area contributed by atoms with Gasteiger partial charge in [0.05, 0.1) is 6.04 Å². The molecule has 1 fully saturated rings. The third-order valence-corrected chi connectivity index (χ3v) is 6.00. The van der Waals surface area contributed by atoms with Crippen molar-refractivity contribution in [2.75, 3.05) is 44.7 Å². The molecule has 1 aromatic carbocycles. The Bertz CT molecular complexity index is 713. The molecule has 2 heterocycles. The molecule has 0 aromatic heterocycles. The molecule has 0 bridgehead atoms. The van der Waals surface area contributed by atoms with Crippen molar-refractivity contribution in [1.29, 1.82) is 0 Å². The van der Waals surface area contributed by atoms with Crippen LogP contribution in [0.2, 0.25) is 0 Å². The van der Waals surface area contributed by atoms with Crippen LogP contribution in [0.25, 0.3) is 0 Å². The number of likely N-dealkylation sites (tertiary alicyclic amines) is 1. The van der Waals surface area contributed by atoms with Crippen LogP contribution in [-0.2, 0) is 16.0 Å². The number of amides is 2. The lowest BCUT2D eigenvalue weighted by Gasteiger charge is -2.36. The van der Waals surface area contributed by atoms with E-state index in [-0.39, 0.29) is 6.04 Å². The molecule has 29 heavy (non-hydrogen) atoms. The van der Waals surface area contributed by atoms with Crippen LogP contribution in [-0.4, -0.2) is 56.5 Å². The van der Waals surface area contributed by atoms with Gasteiger partial charge in [-0.15, -0.1) is 0 Å². The summed E-state index contributed by atoms with van der Waals surface area (Å²) in [6.45, 7) is 8.18. The number of carbonyl (C=O) groups excluding carboxylic acids is 2. The number of nitrogens with one attached hydrogen (secondary N) is 2. The second kappa shape index (κ2) is 10.1. The number of hydrogen-bond donors (Lipinski definition) is 2. The fraction of sp³-hybridized carbons (Fsp3) is 0.652. The smallest absolute Gasteiger partial charge is 0.309 e. The minimum Gasteiger partial charge on any atom is -0.374 e. The summed E-state index contributed by atoms with van der Waals surface area (Å²) in [4.78, 5) is 29.1. The van der Waals surface area contributed by atoms with Gasteiger partial charge in [0, 0.05) is 32.4 Å². The maximum Gasteiger partial charge on any atom is 0.309 e. The van der Waals surface area contributed by atoms with Crippen LogP contribution in [0.4, 0.5) is 5.69 Å². The number of benzene rings is 1. The van der Waals surface area contributed by atoms with E-state index in [4.69, 9.17) is 0 Å². The van der Waals surface area contributed by atoms with Crippen molar-refractivity contribution in [3.63, 3.8) is 0 Å². The van der Waals surface area contributed by atoms with Gasteiger partial charge in [0.15, 0.2) is 0 Å². The molecular weight excluding hydrogens is 364 g/mol. The quantitative estimate of drug-likeness (QED) is 0.720.